The Morgan fingerprint density at radius 3 is 2.41 bits per heavy atom. The zero-order valence-corrected chi connectivity index (χ0v) is 12.2. The molecule has 1 aliphatic carbocycles. The van der Waals surface area contributed by atoms with Crippen molar-refractivity contribution in [1.82, 2.24) is 5.32 Å². The Hall–Kier alpha value is -0.0900. The van der Waals surface area contributed by atoms with Gasteiger partial charge >= 0.3 is 0 Å². The number of rotatable bonds is 6. The summed E-state index contributed by atoms with van der Waals surface area (Å²) in [7, 11) is -2.85. The first-order chi connectivity index (χ1) is 7.97. The molecule has 0 bridgehead atoms. The zero-order chi connectivity index (χ0) is 12.9. The van der Waals surface area contributed by atoms with E-state index >= 15 is 0 Å². The van der Waals surface area contributed by atoms with Crippen LogP contribution in [-0.4, -0.2) is 32.5 Å². The first-order valence-electron chi connectivity index (χ1n) is 6.89. The van der Waals surface area contributed by atoms with Gasteiger partial charge in [0.1, 0.15) is 9.84 Å². The number of nitrogens with one attached hydrogen (secondary N) is 1. The van der Waals surface area contributed by atoms with E-state index in [0.29, 0.717) is 6.04 Å². The summed E-state index contributed by atoms with van der Waals surface area (Å²) >= 11 is 0. The number of hydrogen-bond acceptors (Lipinski definition) is 3. The molecule has 1 rings (SSSR count). The number of hydrogen-bond donors (Lipinski definition) is 1. The molecule has 0 unspecified atom stereocenters. The van der Waals surface area contributed by atoms with Gasteiger partial charge in [-0.3, -0.25) is 0 Å². The summed E-state index contributed by atoms with van der Waals surface area (Å²) in [6.07, 6.45) is 7.60. The van der Waals surface area contributed by atoms with E-state index in [1.807, 2.05) is 0 Å². The van der Waals surface area contributed by atoms with E-state index in [4.69, 9.17) is 0 Å². The number of sulfone groups is 1. The highest BCUT2D eigenvalue weighted by Crippen LogP contribution is 2.24. The van der Waals surface area contributed by atoms with Gasteiger partial charge in [-0.2, -0.15) is 0 Å². The van der Waals surface area contributed by atoms with Gasteiger partial charge in [-0.15, -0.1) is 0 Å². The minimum absolute atomic E-state index is 0.115. The molecule has 0 saturated heterocycles. The summed E-state index contributed by atoms with van der Waals surface area (Å²) in [5.74, 6) is 0.730. The maximum Gasteiger partial charge on any atom is 0.150 e. The SMILES string of the molecule is CCC(CC)CN[C@@H]1CCC[C@H](S(C)(=O)=O)C1. The van der Waals surface area contributed by atoms with E-state index in [2.05, 4.69) is 19.2 Å². The van der Waals surface area contributed by atoms with Gasteiger partial charge in [0.15, 0.2) is 0 Å². The van der Waals surface area contributed by atoms with Gasteiger partial charge in [-0.1, -0.05) is 33.1 Å². The van der Waals surface area contributed by atoms with Crippen LogP contribution in [0.2, 0.25) is 0 Å². The van der Waals surface area contributed by atoms with Crippen molar-refractivity contribution in [3.8, 4) is 0 Å². The molecular formula is C13H27NO2S. The van der Waals surface area contributed by atoms with Gasteiger partial charge in [-0.05, 0) is 31.7 Å². The average molecular weight is 261 g/mol. The quantitative estimate of drug-likeness (QED) is 0.798. The Morgan fingerprint density at radius 1 is 1.24 bits per heavy atom. The summed E-state index contributed by atoms with van der Waals surface area (Å²) in [6, 6.07) is 0.407. The Morgan fingerprint density at radius 2 is 1.88 bits per heavy atom. The predicted molar refractivity (Wildman–Crippen MR) is 73.0 cm³/mol. The van der Waals surface area contributed by atoms with Gasteiger partial charge in [0.05, 0.1) is 5.25 Å². The van der Waals surface area contributed by atoms with E-state index in [9.17, 15) is 8.42 Å². The monoisotopic (exact) mass is 261 g/mol. The molecule has 1 N–H and O–H groups in total. The molecule has 1 fully saturated rings. The Labute approximate surface area is 106 Å². The third-order valence-electron chi connectivity index (χ3n) is 4.08. The van der Waals surface area contributed by atoms with Crippen molar-refractivity contribution in [3.05, 3.63) is 0 Å². The lowest BCUT2D eigenvalue weighted by Crippen LogP contribution is -2.40. The van der Waals surface area contributed by atoms with E-state index in [-0.39, 0.29) is 5.25 Å². The van der Waals surface area contributed by atoms with Crippen LogP contribution in [0.5, 0.6) is 0 Å². The Bertz CT molecular complexity index is 309. The highest BCUT2D eigenvalue weighted by atomic mass is 32.2. The van der Waals surface area contributed by atoms with E-state index in [1.165, 1.54) is 19.1 Å². The Balaban J connectivity index is 2.40. The highest BCUT2D eigenvalue weighted by molar-refractivity contribution is 7.91. The van der Waals surface area contributed by atoms with E-state index in [1.54, 1.807) is 0 Å². The molecular weight excluding hydrogens is 234 g/mol. The molecule has 3 nitrogen and oxygen atoms in total. The van der Waals surface area contributed by atoms with Crippen molar-refractivity contribution in [1.29, 1.82) is 0 Å². The lowest BCUT2D eigenvalue weighted by Gasteiger charge is -2.30. The van der Waals surface area contributed by atoms with Crippen LogP contribution in [0.3, 0.4) is 0 Å². The van der Waals surface area contributed by atoms with Gasteiger partial charge in [0.25, 0.3) is 0 Å². The standard InChI is InChI=1S/C13H27NO2S/c1-4-11(5-2)10-14-12-7-6-8-13(9-12)17(3,15)16/h11-14H,4-10H2,1-3H3/t12-,13+/m1/s1. The third-order valence-corrected chi connectivity index (χ3v) is 5.72. The highest BCUT2D eigenvalue weighted by Gasteiger charge is 2.28. The molecule has 0 spiro atoms. The predicted octanol–water partition coefficient (Wildman–Crippen LogP) is 2.37. The molecule has 1 aliphatic rings. The van der Waals surface area contributed by atoms with Crippen LogP contribution in [-0.2, 0) is 9.84 Å². The van der Waals surface area contributed by atoms with Crippen LogP contribution in [0.1, 0.15) is 52.4 Å². The molecule has 0 heterocycles. The second-order valence-corrected chi connectivity index (χ2v) is 7.73. The lowest BCUT2D eigenvalue weighted by atomic mass is 9.94. The van der Waals surface area contributed by atoms with Crippen molar-refractivity contribution >= 4 is 9.84 Å². The maximum atomic E-state index is 11.6. The van der Waals surface area contributed by atoms with Crippen LogP contribution in [0.4, 0.5) is 0 Å². The third kappa shape index (κ3) is 4.96. The topological polar surface area (TPSA) is 46.2 Å². The summed E-state index contributed by atoms with van der Waals surface area (Å²) in [4.78, 5) is 0. The fourth-order valence-corrected chi connectivity index (χ4v) is 3.81. The van der Waals surface area contributed by atoms with Crippen molar-refractivity contribution in [2.45, 2.75) is 63.7 Å². The maximum absolute atomic E-state index is 11.6. The molecule has 0 aromatic heterocycles. The summed E-state index contributed by atoms with van der Waals surface area (Å²) < 4.78 is 23.1. The average Bonchev–Trinajstić information content (AvgIpc) is 2.30. The van der Waals surface area contributed by atoms with Crippen molar-refractivity contribution in [2.75, 3.05) is 12.8 Å². The molecule has 2 atom stereocenters. The lowest BCUT2D eigenvalue weighted by molar-refractivity contribution is 0.339. The van der Waals surface area contributed by atoms with Crippen molar-refractivity contribution in [3.63, 3.8) is 0 Å². The molecule has 0 aromatic rings. The minimum atomic E-state index is -2.85. The van der Waals surface area contributed by atoms with E-state index in [0.717, 1.165) is 38.1 Å². The summed E-state index contributed by atoms with van der Waals surface area (Å²) in [5, 5.41) is 3.45. The van der Waals surface area contributed by atoms with Gasteiger partial charge in [0.2, 0.25) is 0 Å². The molecule has 0 aliphatic heterocycles. The van der Waals surface area contributed by atoms with Crippen LogP contribution in [0.15, 0.2) is 0 Å². The van der Waals surface area contributed by atoms with Crippen LogP contribution >= 0.6 is 0 Å². The Kier molecular flexibility index (Phi) is 5.93. The van der Waals surface area contributed by atoms with E-state index < -0.39 is 9.84 Å². The van der Waals surface area contributed by atoms with Crippen molar-refractivity contribution < 1.29 is 8.42 Å². The van der Waals surface area contributed by atoms with Crippen LogP contribution in [0.25, 0.3) is 0 Å². The molecule has 4 heteroatoms. The fraction of sp³-hybridized carbons (Fsp3) is 1.00. The van der Waals surface area contributed by atoms with Crippen LogP contribution < -0.4 is 5.32 Å². The first kappa shape index (κ1) is 15.0. The molecule has 1 saturated carbocycles. The molecule has 102 valence electrons. The zero-order valence-electron chi connectivity index (χ0n) is 11.4. The molecule has 0 radical (unpaired) electrons. The fourth-order valence-electron chi connectivity index (χ4n) is 2.63. The van der Waals surface area contributed by atoms with Crippen LogP contribution in [0, 0.1) is 5.92 Å². The van der Waals surface area contributed by atoms with Gasteiger partial charge in [-0.25, -0.2) is 8.42 Å². The largest absolute Gasteiger partial charge is 0.314 e. The first-order valence-corrected chi connectivity index (χ1v) is 8.85. The van der Waals surface area contributed by atoms with Crippen molar-refractivity contribution in [2.24, 2.45) is 5.92 Å². The minimum Gasteiger partial charge on any atom is -0.314 e. The molecule has 0 amide bonds. The summed E-state index contributed by atoms with van der Waals surface area (Å²) in [6.45, 7) is 5.47. The smallest absolute Gasteiger partial charge is 0.150 e. The molecule has 17 heavy (non-hydrogen) atoms. The second kappa shape index (κ2) is 6.74. The van der Waals surface area contributed by atoms with Gasteiger partial charge in [0, 0.05) is 12.3 Å². The normalized spacial score (nSPS) is 26.4. The summed E-state index contributed by atoms with van der Waals surface area (Å²) in [5.41, 5.74) is 0. The molecule has 0 aromatic carbocycles. The van der Waals surface area contributed by atoms with Gasteiger partial charge < -0.3 is 5.32 Å². The second-order valence-electron chi connectivity index (χ2n) is 5.41.